The average molecular weight is 287 g/mol. The molecule has 0 saturated carbocycles. The zero-order valence-corrected chi connectivity index (χ0v) is 13.6. The number of nitrogens with zero attached hydrogens (tertiary/aromatic N) is 2. The molecule has 0 saturated heterocycles. The molecule has 0 radical (unpaired) electrons. The van der Waals surface area contributed by atoms with Crippen LogP contribution in [0.1, 0.15) is 40.3 Å². The van der Waals surface area contributed by atoms with Crippen LogP contribution in [0.15, 0.2) is 36.8 Å². The number of imidazole rings is 1. The summed E-state index contributed by atoms with van der Waals surface area (Å²) in [5, 5.41) is 3.49. The van der Waals surface area contributed by atoms with Gasteiger partial charge < -0.3 is 14.6 Å². The first-order valence-electron chi connectivity index (χ1n) is 7.38. The van der Waals surface area contributed by atoms with E-state index < -0.39 is 0 Å². The van der Waals surface area contributed by atoms with E-state index in [9.17, 15) is 0 Å². The van der Waals surface area contributed by atoms with Gasteiger partial charge >= 0.3 is 0 Å². The van der Waals surface area contributed by atoms with E-state index in [1.807, 2.05) is 38.5 Å². The number of rotatable bonds is 5. The molecule has 4 nitrogen and oxygen atoms in total. The molecule has 2 rings (SSSR count). The van der Waals surface area contributed by atoms with E-state index in [1.54, 1.807) is 0 Å². The maximum atomic E-state index is 5.67. The predicted molar refractivity (Wildman–Crippen MR) is 85.9 cm³/mol. The van der Waals surface area contributed by atoms with Crippen molar-refractivity contribution in [2.24, 2.45) is 0 Å². The Hall–Kier alpha value is -1.81. The SMILES string of the molecule is CC(C)Oc1ccc(-n2cncc2CNC(C)(C)C)cc1. The quantitative estimate of drug-likeness (QED) is 0.914. The molecule has 0 atom stereocenters. The van der Waals surface area contributed by atoms with Crippen molar-refractivity contribution in [1.29, 1.82) is 0 Å². The summed E-state index contributed by atoms with van der Waals surface area (Å²) in [6.45, 7) is 11.3. The van der Waals surface area contributed by atoms with E-state index in [1.165, 1.54) is 0 Å². The van der Waals surface area contributed by atoms with Crippen molar-refractivity contribution in [3.63, 3.8) is 0 Å². The highest BCUT2D eigenvalue weighted by atomic mass is 16.5. The topological polar surface area (TPSA) is 39.1 Å². The minimum absolute atomic E-state index is 0.0874. The second-order valence-corrected chi connectivity index (χ2v) is 6.52. The summed E-state index contributed by atoms with van der Waals surface area (Å²) in [6.07, 6.45) is 3.94. The molecule has 1 aromatic heterocycles. The second kappa shape index (κ2) is 6.31. The first-order valence-corrected chi connectivity index (χ1v) is 7.38. The van der Waals surface area contributed by atoms with E-state index in [-0.39, 0.29) is 11.6 Å². The number of hydrogen-bond acceptors (Lipinski definition) is 3. The fraction of sp³-hybridized carbons (Fsp3) is 0.471. The minimum atomic E-state index is 0.0874. The molecule has 21 heavy (non-hydrogen) atoms. The smallest absolute Gasteiger partial charge is 0.119 e. The van der Waals surface area contributed by atoms with Crippen LogP contribution in [-0.2, 0) is 6.54 Å². The van der Waals surface area contributed by atoms with Gasteiger partial charge in [-0.2, -0.15) is 0 Å². The molecule has 0 amide bonds. The van der Waals surface area contributed by atoms with Gasteiger partial charge in [-0.3, -0.25) is 0 Å². The molecule has 1 N–H and O–H groups in total. The molecule has 1 aromatic carbocycles. The van der Waals surface area contributed by atoms with Gasteiger partial charge in [0.2, 0.25) is 0 Å². The largest absolute Gasteiger partial charge is 0.491 e. The molecular formula is C17H25N3O. The molecule has 0 aliphatic heterocycles. The fourth-order valence-corrected chi connectivity index (χ4v) is 2.00. The summed E-state index contributed by atoms with van der Waals surface area (Å²) in [5.41, 5.74) is 2.32. The molecule has 0 spiro atoms. The molecule has 0 bridgehead atoms. The van der Waals surface area contributed by atoms with Crippen molar-refractivity contribution in [3.05, 3.63) is 42.5 Å². The fourth-order valence-electron chi connectivity index (χ4n) is 2.00. The summed E-state index contributed by atoms with van der Waals surface area (Å²) in [5.74, 6) is 0.892. The molecule has 0 fully saturated rings. The first-order chi connectivity index (χ1) is 9.85. The van der Waals surface area contributed by atoms with Crippen LogP contribution >= 0.6 is 0 Å². The third-order valence-electron chi connectivity index (χ3n) is 3.00. The number of hydrogen-bond donors (Lipinski definition) is 1. The summed E-state index contributed by atoms with van der Waals surface area (Å²) >= 11 is 0. The zero-order valence-electron chi connectivity index (χ0n) is 13.6. The number of benzene rings is 1. The molecular weight excluding hydrogens is 262 g/mol. The maximum absolute atomic E-state index is 5.67. The van der Waals surface area contributed by atoms with Crippen molar-refractivity contribution in [2.45, 2.75) is 52.8 Å². The Kier molecular flexibility index (Phi) is 4.68. The van der Waals surface area contributed by atoms with E-state index in [0.29, 0.717) is 0 Å². The highest BCUT2D eigenvalue weighted by Gasteiger charge is 2.11. The summed E-state index contributed by atoms with van der Waals surface area (Å²) in [4.78, 5) is 4.26. The Bertz CT molecular complexity index is 564. The van der Waals surface area contributed by atoms with Gasteiger partial charge in [0.25, 0.3) is 0 Å². The standard InChI is InChI=1S/C17H25N3O/c1-13(2)21-16-8-6-14(7-9-16)20-12-18-10-15(20)11-19-17(3,4)5/h6-10,12-13,19H,11H2,1-5H3. The number of aromatic nitrogens is 2. The normalized spacial score (nSPS) is 11.9. The van der Waals surface area contributed by atoms with Crippen LogP contribution < -0.4 is 10.1 Å². The van der Waals surface area contributed by atoms with E-state index >= 15 is 0 Å². The van der Waals surface area contributed by atoms with Crippen LogP contribution in [0.3, 0.4) is 0 Å². The second-order valence-electron chi connectivity index (χ2n) is 6.52. The Morgan fingerprint density at radius 1 is 1.19 bits per heavy atom. The lowest BCUT2D eigenvalue weighted by Gasteiger charge is -2.21. The van der Waals surface area contributed by atoms with E-state index in [2.05, 4.69) is 47.8 Å². The van der Waals surface area contributed by atoms with Gasteiger partial charge in [-0.15, -0.1) is 0 Å². The predicted octanol–water partition coefficient (Wildman–Crippen LogP) is 3.55. The lowest BCUT2D eigenvalue weighted by molar-refractivity contribution is 0.242. The van der Waals surface area contributed by atoms with Gasteiger partial charge in [-0.25, -0.2) is 4.98 Å². The summed E-state index contributed by atoms with van der Waals surface area (Å²) < 4.78 is 7.77. The summed E-state index contributed by atoms with van der Waals surface area (Å²) in [7, 11) is 0. The molecule has 1 heterocycles. The Morgan fingerprint density at radius 2 is 1.86 bits per heavy atom. The molecule has 114 valence electrons. The van der Waals surface area contributed by atoms with Crippen LogP contribution in [0.25, 0.3) is 5.69 Å². The molecule has 0 unspecified atom stereocenters. The highest BCUT2D eigenvalue weighted by molar-refractivity contribution is 5.38. The Labute approximate surface area is 127 Å². The molecule has 2 aromatic rings. The maximum Gasteiger partial charge on any atom is 0.119 e. The number of ether oxygens (including phenoxy) is 1. The first kappa shape index (κ1) is 15.6. The van der Waals surface area contributed by atoms with Gasteiger partial charge in [0.05, 0.1) is 18.1 Å². The molecule has 0 aliphatic carbocycles. The van der Waals surface area contributed by atoms with Crippen molar-refractivity contribution in [1.82, 2.24) is 14.9 Å². The summed E-state index contributed by atoms with van der Waals surface area (Å²) in [6, 6.07) is 8.10. The van der Waals surface area contributed by atoms with Gasteiger partial charge in [0.15, 0.2) is 0 Å². The zero-order chi connectivity index (χ0) is 15.5. The van der Waals surface area contributed by atoms with Gasteiger partial charge in [-0.1, -0.05) is 0 Å². The van der Waals surface area contributed by atoms with Crippen molar-refractivity contribution in [2.75, 3.05) is 0 Å². The highest BCUT2D eigenvalue weighted by Crippen LogP contribution is 2.18. The van der Waals surface area contributed by atoms with Crippen molar-refractivity contribution < 1.29 is 4.74 Å². The van der Waals surface area contributed by atoms with Crippen LogP contribution in [0.4, 0.5) is 0 Å². The monoisotopic (exact) mass is 287 g/mol. The van der Waals surface area contributed by atoms with Crippen LogP contribution in [0.5, 0.6) is 5.75 Å². The van der Waals surface area contributed by atoms with Crippen LogP contribution in [0.2, 0.25) is 0 Å². The van der Waals surface area contributed by atoms with E-state index in [4.69, 9.17) is 4.74 Å². The Morgan fingerprint density at radius 3 is 2.43 bits per heavy atom. The molecule has 0 aliphatic rings. The Balaban J connectivity index is 2.13. The van der Waals surface area contributed by atoms with Gasteiger partial charge in [0.1, 0.15) is 5.75 Å². The van der Waals surface area contributed by atoms with Gasteiger partial charge in [0, 0.05) is 24.0 Å². The number of nitrogens with one attached hydrogen (secondary N) is 1. The molecule has 4 heteroatoms. The van der Waals surface area contributed by atoms with Crippen LogP contribution in [-0.4, -0.2) is 21.2 Å². The lowest BCUT2D eigenvalue weighted by Crippen LogP contribution is -2.35. The van der Waals surface area contributed by atoms with Gasteiger partial charge in [-0.05, 0) is 58.9 Å². The average Bonchev–Trinajstić information content (AvgIpc) is 2.84. The third-order valence-corrected chi connectivity index (χ3v) is 3.00. The van der Waals surface area contributed by atoms with Crippen molar-refractivity contribution >= 4 is 0 Å². The van der Waals surface area contributed by atoms with Crippen LogP contribution in [0, 0.1) is 0 Å². The van der Waals surface area contributed by atoms with E-state index in [0.717, 1.165) is 23.7 Å². The third kappa shape index (κ3) is 4.60. The minimum Gasteiger partial charge on any atom is -0.491 e. The lowest BCUT2D eigenvalue weighted by atomic mass is 10.1. The van der Waals surface area contributed by atoms with Crippen molar-refractivity contribution in [3.8, 4) is 11.4 Å².